The van der Waals surface area contributed by atoms with Crippen molar-refractivity contribution >= 4 is 22.8 Å². The fraction of sp³-hybridized carbons (Fsp3) is 0.586. The predicted molar refractivity (Wildman–Crippen MR) is 151 cm³/mol. The summed E-state index contributed by atoms with van der Waals surface area (Å²) in [6, 6.07) is 6.50. The minimum atomic E-state index is -4.72. The molecule has 10 nitrogen and oxygen atoms in total. The Balaban J connectivity index is 1.31. The van der Waals surface area contributed by atoms with Crippen LogP contribution in [-0.4, -0.2) is 78.3 Å². The van der Waals surface area contributed by atoms with Gasteiger partial charge in [0.05, 0.1) is 12.6 Å². The number of anilines is 1. The number of hydrogen-bond donors (Lipinski definition) is 0. The van der Waals surface area contributed by atoms with Gasteiger partial charge in [-0.15, -0.1) is 23.4 Å². The number of ether oxygens (including phenoxy) is 2. The number of nitrogens with zero attached hydrogens (tertiary/aromatic N) is 8. The zero-order valence-corrected chi connectivity index (χ0v) is 24.5. The molecule has 226 valence electrons. The number of hydrogen-bond acceptors (Lipinski definition) is 8. The van der Waals surface area contributed by atoms with Crippen LogP contribution in [0.25, 0.3) is 16.9 Å². The number of imidazole rings is 1. The summed E-state index contributed by atoms with van der Waals surface area (Å²) in [7, 11) is 0. The second-order valence-electron chi connectivity index (χ2n) is 11.9. The fourth-order valence-corrected chi connectivity index (χ4v) is 6.62. The lowest BCUT2D eigenvalue weighted by Gasteiger charge is -2.49. The van der Waals surface area contributed by atoms with Crippen LogP contribution in [0.15, 0.2) is 30.6 Å². The van der Waals surface area contributed by atoms with Crippen LogP contribution in [0, 0.1) is 12.8 Å². The highest BCUT2D eigenvalue weighted by Gasteiger charge is 2.38. The number of halogens is 3. The van der Waals surface area contributed by atoms with Crippen molar-refractivity contribution in [2.24, 2.45) is 5.92 Å². The molecule has 5 heterocycles. The van der Waals surface area contributed by atoms with Gasteiger partial charge in [0.2, 0.25) is 0 Å². The highest BCUT2D eigenvalue weighted by molar-refractivity contribution is 5.87. The molecule has 0 bridgehead atoms. The molecule has 0 amide bonds. The summed E-state index contributed by atoms with van der Waals surface area (Å²) < 4.78 is 52.3. The number of piperazine rings is 1. The first-order chi connectivity index (χ1) is 20.0. The highest BCUT2D eigenvalue weighted by Crippen LogP contribution is 2.37. The summed E-state index contributed by atoms with van der Waals surface area (Å²) >= 11 is 0. The van der Waals surface area contributed by atoms with Gasteiger partial charge in [-0.1, -0.05) is 26.0 Å². The van der Waals surface area contributed by atoms with Gasteiger partial charge in [-0.25, -0.2) is 9.38 Å². The Hall–Kier alpha value is -3.45. The molecule has 2 aliphatic heterocycles. The molecule has 0 unspecified atom stereocenters. The van der Waals surface area contributed by atoms with Gasteiger partial charge in [-0.2, -0.15) is 4.98 Å². The fourth-order valence-electron chi connectivity index (χ4n) is 6.62. The van der Waals surface area contributed by atoms with Crippen LogP contribution in [0.3, 0.4) is 0 Å². The molecule has 3 aromatic heterocycles. The minimum absolute atomic E-state index is 0.0179. The Morgan fingerprint density at radius 1 is 1.07 bits per heavy atom. The number of benzene rings is 1. The lowest BCUT2D eigenvalue weighted by molar-refractivity contribution is -0.274. The maximum Gasteiger partial charge on any atom is 0.573 e. The Bertz CT molecular complexity index is 1540. The van der Waals surface area contributed by atoms with Gasteiger partial charge in [0.1, 0.15) is 23.4 Å². The van der Waals surface area contributed by atoms with Gasteiger partial charge in [-0.05, 0) is 57.2 Å². The second kappa shape index (κ2) is 11.0. The van der Waals surface area contributed by atoms with Gasteiger partial charge in [-0.3, -0.25) is 4.90 Å². The average molecular weight is 587 g/mol. The van der Waals surface area contributed by atoms with E-state index in [4.69, 9.17) is 14.7 Å². The molecule has 4 aromatic rings. The van der Waals surface area contributed by atoms with Gasteiger partial charge in [0.15, 0.2) is 11.5 Å². The van der Waals surface area contributed by atoms with E-state index in [9.17, 15) is 13.2 Å². The molecule has 2 saturated heterocycles. The van der Waals surface area contributed by atoms with Gasteiger partial charge in [0, 0.05) is 37.8 Å². The van der Waals surface area contributed by atoms with Gasteiger partial charge < -0.3 is 18.9 Å². The average Bonchev–Trinajstić information content (AvgIpc) is 3.67. The third kappa shape index (κ3) is 5.39. The smallest absolute Gasteiger partial charge is 0.406 e. The third-order valence-corrected chi connectivity index (χ3v) is 8.47. The molecule has 0 N–H and O–H groups in total. The van der Waals surface area contributed by atoms with E-state index in [2.05, 4.69) is 57.0 Å². The molecule has 1 aromatic carbocycles. The van der Waals surface area contributed by atoms with E-state index in [0.717, 1.165) is 54.4 Å². The molecule has 0 saturated carbocycles. The molecule has 2 fully saturated rings. The highest BCUT2D eigenvalue weighted by atomic mass is 19.4. The summed E-state index contributed by atoms with van der Waals surface area (Å²) in [5.74, 6) is 2.21. The number of fused-ring (bicyclic) bond motifs is 3. The van der Waals surface area contributed by atoms with Crippen LogP contribution in [0.1, 0.15) is 58.0 Å². The molecule has 6 rings (SSSR count). The molecule has 0 aliphatic carbocycles. The predicted octanol–water partition coefficient (Wildman–Crippen LogP) is 5.16. The van der Waals surface area contributed by atoms with E-state index in [0.29, 0.717) is 18.9 Å². The molecule has 13 heteroatoms. The number of aryl methyl sites for hydroxylation is 1. The van der Waals surface area contributed by atoms with Crippen molar-refractivity contribution in [1.29, 1.82) is 0 Å². The molecule has 42 heavy (non-hydrogen) atoms. The lowest BCUT2D eigenvalue weighted by Crippen LogP contribution is -2.58. The molecular formula is C29H37F3N8O2. The van der Waals surface area contributed by atoms with Gasteiger partial charge >= 0.3 is 6.36 Å². The monoisotopic (exact) mass is 586 g/mol. The Labute approximate surface area is 242 Å². The van der Waals surface area contributed by atoms with Crippen LogP contribution in [0.5, 0.6) is 5.75 Å². The van der Waals surface area contributed by atoms with Crippen molar-refractivity contribution in [2.75, 3.05) is 24.6 Å². The van der Waals surface area contributed by atoms with E-state index in [1.807, 2.05) is 11.3 Å². The van der Waals surface area contributed by atoms with E-state index in [1.54, 1.807) is 18.5 Å². The quantitative estimate of drug-likeness (QED) is 0.294. The van der Waals surface area contributed by atoms with E-state index in [-0.39, 0.29) is 35.9 Å². The summed E-state index contributed by atoms with van der Waals surface area (Å²) in [6.07, 6.45) is -0.799. The standard InChI is InChI=1S/C29H37F3N8O2/c1-17(2)25(21-8-10-22(11-9-21)42-29(30,31)32)37-13-19(4)38(14-18(37)3)26-24-27(40-16-33-36-28(40)35-26)39(20(5)34-24)15-23-7-6-12-41-23/h8-11,16-19,23,25H,6-7,12-15H2,1-5H3/t18-,19+,23+,25-/m1/s1. The normalized spacial score (nSPS) is 23.0. The third-order valence-electron chi connectivity index (χ3n) is 8.47. The largest absolute Gasteiger partial charge is 0.573 e. The van der Waals surface area contributed by atoms with Crippen molar-refractivity contribution in [3.63, 3.8) is 0 Å². The van der Waals surface area contributed by atoms with Crippen LogP contribution < -0.4 is 9.64 Å². The lowest BCUT2D eigenvalue weighted by atomic mass is 9.91. The van der Waals surface area contributed by atoms with Crippen molar-refractivity contribution in [3.05, 3.63) is 42.0 Å². The molecule has 0 radical (unpaired) electrons. The number of alkyl halides is 3. The van der Waals surface area contributed by atoms with E-state index in [1.165, 1.54) is 12.1 Å². The summed E-state index contributed by atoms with van der Waals surface area (Å²) in [5, 5.41) is 8.45. The second-order valence-corrected chi connectivity index (χ2v) is 11.9. The van der Waals surface area contributed by atoms with Crippen molar-refractivity contribution in [2.45, 2.75) is 84.6 Å². The molecule has 4 atom stereocenters. The topological polar surface area (TPSA) is 85.8 Å². The first kappa shape index (κ1) is 28.7. The Morgan fingerprint density at radius 2 is 1.83 bits per heavy atom. The summed E-state index contributed by atoms with van der Waals surface area (Å²) in [5.41, 5.74) is 2.68. The van der Waals surface area contributed by atoms with E-state index >= 15 is 0 Å². The van der Waals surface area contributed by atoms with Gasteiger partial charge in [0.25, 0.3) is 5.78 Å². The van der Waals surface area contributed by atoms with Crippen molar-refractivity contribution in [1.82, 2.24) is 34.0 Å². The summed E-state index contributed by atoms with van der Waals surface area (Å²) in [4.78, 5) is 14.7. The van der Waals surface area contributed by atoms with Crippen LogP contribution in [-0.2, 0) is 11.3 Å². The maximum atomic E-state index is 12.7. The number of rotatable bonds is 7. The first-order valence-electron chi connectivity index (χ1n) is 14.6. The van der Waals surface area contributed by atoms with Crippen molar-refractivity contribution < 1.29 is 22.6 Å². The number of aromatic nitrogens is 6. The Kier molecular flexibility index (Phi) is 7.50. The van der Waals surface area contributed by atoms with E-state index < -0.39 is 6.36 Å². The van der Waals surface area contributed by atoms with Crippen LogP contribution >= 0.6 is 0 Å². The summed E-state index contributed by atoms with van der Waals surface area (Å²) in [6.45, 7) is 13.6. The van der Waals surface area contributed by atoms with Crippen LogP contribution in [0.4, 0.5) is 19.0 Å². The molecule has 0 spiro atoms. The van der Waals surface area contributed by atoms with Crippen molar-refractivity contribution in [3.8, 4) is 5.75 Å². The maximum absolute atomic E-state index is 12.7. The molecule has 2 aliphatic rings. The molecular weight excluding hydrogens is 549 g/mol. The zero-order chi connectivity index (χ0) is 29.8. The zero-order valence-electron chi connectivity index (χ0n) is 24.5. The minimum Gasteiger partial charge on any atom is -0.406 e. The SMILES string of the molecule is Cc1nc2c(N3C[C@@H](C)N([C@@H](c4ccc(OC(F)(F)F)cc4)C(C)C)C[C@@H]3C)nc3nncn3c2n1C[C@@H]1CCCO1. The Morgan fingerprint density at radius 3 is 2.50 bits per heavy atom. The first-order valence-corrected chi connectivity index (χ1v) is 14.6. The van der Waals surface area contributed by atoms with Crippen LogP contribution in [0.2, 0.25) is 0 Å².